The second-order valence-corrected chi connectivity index (χ2v) is 4.05. The highest BCUT2D eigenvalue weighted by Gasteiger charge is 2.03. The summed E-state index contributed by atoms with van der Waals surface area (Å²) in [5, 5.41) is 0. The molecule has 2 aromatic rings. The largest absolute Gasteiger partial charge is 0.489 e. The van der Waals surface area contributed by atoms with Crippen LogP contribution in [0.1, 0.15) is 5.56 Å². The maximum atomic E-state index is 12.9. The van der Waals surface area contributed by atoms with E-state index in [1.807, 2.05) is 12.1 Å². The summed E-state index contributed by atoms with van der Waals surface area (Å²) in [4.78, 5) is 0.785. The second kappa shape index (κ2) is 5.19. The third-order valence-corrected chi connectivity index (χ3v) is 2.49. The van der Waals surface area contributed by atoms with Gasteiger partial charge in [0.15, 0.2) is 11.6 Å². The van der Waals surface area contributed by atoms with E-state index in [-0.39, 0.29) is 6.61 Å². The van der Waals surface area contributed by atoms with Gasteiger partial charge in [0.25, 0.3) is 0 Å². The Balaban J connectivity index is 2.05. The van der Waals surface area contributed by atoms with Gasteiger partial charge < -0.3 is 4.74 Å². The number of rotatable bonds is 3. The van der Waals surface area contributed by atoms with Gasteiger partial charge in [-0.1, -0.05) is 12.1 Å². The van der Waals surface area contributed by atoms with E-state index in [0.29, 0.717) is 11.3 Å². The average Bonchev–Trinajstić information content (AvgIpc) is 2.31. The summed E-state index contributed by atoms with van der Waals surface area (Å²) in [6.07, 6.45) is 0. The molecule has 0 heterocycles. The monoisotopic (exact) mass is 252 g/mol. The van der Waals surface area contributed by atoms with Crippen molar-refractivity contribution in [1.29, 1.82) is 0 Å². The molecule has 0 saturated heterocycles. The molecule has 0 aliphatic carbocycles. The fourth-order valence-corrected chi connectivity index (χ4v) is 1.58. The Bertz CT molecular complexity index is 529. The lowest BCUT2D eigenvalue weighted by molar-refractivity contribution is 0.304. The second-order valence-electron chi connectivity index (χ2n) is 3.53. The van der Waals surface area contributed by atoms with Gasteiger partial charge in [-0.15, -0.1) is 12.6 Å². The minimum atomic E-state index is -0.867. The van der Waals surface area contributed by atoms with Crippen molar-refractivity contribution < 1.29 is 13.5 Å². The molecule has 4 heteroatoms. The smallest absolute Gasteiger partial charge is 0.159 e. The van der Waals surface area contributed by atoms with Crippen molar-refractivity contribution in [2.75, 3.05) is 0 Å². The quantitative estimate of drug-likeness (QED) is 0.817. The van der Waals surface area contributed by atoms with Crippen molar-refractivity contribution >= 4 is 12.6 Å². The summed E-state index contributed by atoms with van der Waals surface area (Å²) < 4.78 is 31.0. The van der Waals surface area contributed by atoms with E-state index in [1.54, 1.807) is 12.1 Å². The van der Waals surface area contributed by atoms with E-state index < -0.39 is 11.6 Å². The van der Waals surface area contributed by atoms with Crippen LogP contribution in [-0.4, -0.2) is 0 Å². The number of hydrogen-bond acceptors (Lipinski definition) is 2. The van der Waals surface area contributed by atoms with Gasteiger partial charge in [-0.25, -0.2) is 8.78 Å². The van der Waals surface area contributed by atoms with Crippen molar-refractivity contribution in [3.05, 3.63) is 59.7 Å². The Labute approximate surface area is 103 Å². The maximum absolute atomic E-state index is 12.9. The molecule has 0 aliphatic rings. The third-order valence-electron chi connectivity index (χ3n) is 2.21. The summed E-state index contributed by atoms with van der Waals surface area (Å²) >= 11 is 4.17. The van der Waals surface area contributed by atoms with Crippen molar-refractivity contribution in [2.45, 2.75) is 11.5 Å². The number of hydrogen-bond donors (Lipinski definition) is 1. The van der Waals surface area contributed by atoms with Gasteiger partial charge >= 0.3 is 0 Å². The highest BCUT2D eigenvalue weighted by molar-refractivity contribution is 7.80. The molecule has 0 fully saturated rings. The van der Waals surface area contributed by atoms with Crippen LogP contribution in [0.4, 0.5) is 8.78 Å². The number of halogens is 2. The first-order valence-electron chi connectivity index (χ1n) is 5.01. The van der Waals surface area contributed by atoms with Crippen LogP contribution in [0, 0.1) is 11.6 Å². The lowest BCUT2D eigenvalue weighted by Crippen LogP contribution is -1.97. The van der Waals surface area contributed by atoms with E-state index in [1.165, 1.54) is 6.07 Å². The summed E-state index contributed by atoms with van der Waals surface area (Å²) in [6.45, 7) is 0.189. The summed E-state index contributed by atoms with van der Waals surface area (Å²) in [6, 6.07) is 10.9. The van der Waals surface area contributed by atoms with Crippen LogP contribution in [0.25, 0.3) is 0 Å². The van der Waals surface area contributed by atoms with Crippen LogP contribution >= 0.6 is 12.6 Å². The Morgan fingerprint density at radius 2 is 1.82 bits per heavy atom. The molecule has 0 amide bonds. The highest BCUT2D eigenvalue weighted by atomic mass is 32.1. The number of thiol groups is 1. The van der Waals surface area contributed by atoms with E-state index in [2.05, 4.69) is 12.6 Å². The van der Waals surface area contributed by atoms with E-state index in [9.17, 15) is 8.78 Å². The first kappa shape index (κ1) is 11.9. The average molecular weight is 252 g/mol. The molecule has 0 unspecified atom stereocenters. The molecule has 1 nitrogen and oxygen atoms in total. The topological polar surface area (TPSA) is 9.23 Å². The van der Waals surface area contributed by atoms with E-state index in [0.717, 1.165) is 17.0 Å². The zero-order valence-electron chi connectivity index (χ0n) is 8.86. The molecule has 0 saturated carbocycles. The minimum absolute atomic E-state index is 0.189. The molecule has 2 rings (SSSR count). The van der Waals surface area contributed by atoms with Crippen molar-refractivity contribution in [2.24, 2.45) is 0 Å². The Kier molecular flexibility index (Phi) is 3.64. The molecule has 2 aromatic carbocycles. The molecule has 0 spiro atoms. The van der Waals surface area contributed by atoms with Crippen LogP contribution in [0.3, 0.4) is 0 Å². The van der Waals surface area contributed by atoms with Crippen LogP contribution in [0.2, 0.25) is 0 Å². The van der Waals surface area contributed by atoms with Crippen LogP contribution in [-0.2, 0) is 6.61 Å². The lowest BCUT2D eigenvalue weighted by atomic mass is 10.2. The summed E-state index contributed by atoms with van der Waals surface area (Å²) in [5.41, 5.74) is 0.577. The highest BCUT2D eigenvalue weighted by Crippen LogP contribution is 2.17. The first-order chi connectivity index (χ1) is 8.15. The predicted octanol–water partition coefficient (Wildman–Crippen LogP) is 3.83. The molecule has 0 N–H and O–H groups in total. The van der Waals surface area contributed by atoms with Gasteiger partial charge in [-0.2, -0.15) is 0 Å². The van der Waals surface area contributed by atoms with Crippen molar-refractivity contribution in [3.63, 3.8) is 0 Å². The van der Waals surface area contributed by atoms with Gasteiger partial charge in [0.05, 0.1) is 0 Å². The summed E-state index contributed by atoms with van der Waals surface area (Å²) in [5.74, 6) is -1.08. The Morgan fingerprint density at radius 3 is 2.53 bits per heavy atom. The molecule has 0 aromatic heterocycles. The molecule has 0 radical (unpaired) electrons. The summed E-state index contributed by atoms with van der Waals surface area (Å²) in [7, 11) is 0. The van der Waals surface area contributed by atoms with Crippen LogP contribution in [0.15, 0.2) is 47.4 Å². The molecular formula is C13H10F2OS. The molecule has 0 bridgehead atoms. The van der Waals surface area contributed by atoms with Crippen LogP contribution in [0.5, 0.6) is 5.75 Å². The first-order valence-corrected chi connectivity index (χ1v) is 5.45. The number of benzene rings is 2. The molecule has 0 aliphatic heterocycles. The fourth-order valence-electron chi connectivity index (χ4n) is 1.37. The molecule has 0 atom stereocenters. The van der Waals surface area contributed by atoms with Crippen molar-refractivity contribution in [3.8, 4) is 5.75 Å². The Morgan fingerprint density at radius 1 is 1.00 bits per heavy atom. The molecule has 88 valence electrons. The predicted molar refractivity (Wildman–Crippen MR) is 64.4 cm³/mol. The fraction of sp³-hybridized carbons (Fsp3) is 0.0769. The van der Waals surface area contributed by atoms with Crippen molar-refractivity contribution in [1.82, 2.24) is 0 Å². The molecule has 17 heavy (non-hydrogen) atoms. The van der Waals surface area contributed by atoms with E-state index in [4.69, 9.17) is 4.74 Å². The van der Waals surface area contributed by atoms with Gasteiger partial charge in [-0.3, -0.25) is 0 Å². The van der Waals surface area contributed by atoms with Gasteiger partial charge in [0, 0.05) is 4.90 Å². The van der Waals surface area contributed by atoms with Gasteiger partial charge in [0.2, 0.25) is 0 Å². The maximum Gasteiger partial charge on any atom is 0.159 e. The van der Waals surface area contributed by atoms with E-state index >= 15 is 0 Å². The van der Waals surface area contributed by atoms with Crippen LogP contribution < -0.4 is 4.74 Å². The zero-order chi connectivity index (χ0) is 12.3. The van der Waals surface area contributed by atoms with Gasteiger partial charge in [-0.05, 0) is 35.9 Å². The van der Waals surface area contributed by atoms with Gasteiger partial charge in [0.1, 0.15) is 12.4 Å². The minimum Gasteiger partial charge on any atom is -0.489 e. The lowest BCUT2D eigenvalue weighted by Gasteiger charge is -2.06. The zero-order valence-corrected chi connectivity index (χ0v) is 9.75. The number of ether oxygens (including phenoxy) is 1. The third kappa shape index (κ3) is 3.20. The standard InChI is InChI=1S/C13H10F2OS/c14-12-5-4-9(6-13(12)15)8-16-10-2-1-3-11(17)7-10/h1-7,17H,8H2. The SMILES string of the molecule is Fc1ccc(COc2cccc(S)c2)cc1F. The normalized spacial score (nSPS) is 10.3. The molecular weight excluding hydrogens is 242 g/mol. The Hall–Kier alpha value is -1.55.